The van der Waals surface area contributed by atoms with Gasteiger partial charge in [0.1, 0.15) is 12.3 Å². The van der Waals surface area contributed by atoms with Crippen molar-refractivity contribution >= 4 is 27.8 Å². The number of ether oxygens (including phenoxy) is 2. The second kappa shape index (κ2) is 8.63. The second-order valence-corrected chi connectivity index (χ2v) is 5.28. The topological polar surface area (TPSA) is 76.1 Å². The first-order chi connectivity index (χ1) is 9.93. The molecule has 0 aliphatic heterocycles. The normalized spacial score (nSPS) is 11.8. The lowest BCUT2D eigenvalue weighted by atomic mass is 10.3. The summed E-state index contributed by atoms with van der Waals surface area (Å²) in [5.41, 5.74) is 0. The fourth-order valence-electron chi connectivity index (χ4n) is 1.66. The molecule has 116 valence electrons. The third kappa shape index (κ3) is 6.14. The Morgan fingerprint density at radius 1 is 1.33 bits per heavy atom. The maximum atomic E-state index is 12.2. The summed E-state index contributed by atoms with van der Waals surface area (Å²) in [6.45, 7) is 1.68. The van der Waals surface area contributed by atoms with Crippen molar-refractivity contribution in [1.29, 1.82) is 0 Å². The molecule has 1 N–H and O–H groups in total. The zero-order chi connectivity index (χ0) is 15.8. The number of methoxy groups -OCH3 is 1. The van der Waals surface area contributed by atoms with Crippen molar-refractivity contribution in [3.63, 3.8) is 0 Å². The van der Waals surface area contributed by atoms with Crippen LogP contribution in [0.1, 0.15) is 6.92 Å². The standard InChI is InChI=1S/C14H18BrNO5/c1-10(21-12-5-3-11(15)4-6-12)14(19)16(7-8-20-2)9-13(17)18/h3-6,10H,7-9H2,1-2H3,(H,17,18). The molecule has 0 fully saturated rings. The van der Waals surface area contributed by atoms with E-state index in [1.807, 2.05) is 0 Å². The molecule has 0 spiro atoms. The zero-order valence-electron chi connectivity index (χ0n) is 11.9. The van der Waals surface area contributed by atoms with E-state index in [4.69, 9.17) is 14.6 Å². The molecule has 1 aromatic carbocycles. The number of carbonyl (C=O) groups is 2. The van der Waals surface area contributed by atoms with Gasteiger partial charge in [0.25, 0.3) is 5.91 Å². The summed E-state index contributed by atoms with van der Waals surface area (Å²) in [4.78, 5) is 24.2. The lowest BCUT2D eigenvalue weighted by Gasteiger charge is -2.24. The Morgan fingerprint density at radius 3 is 2.48 bits per heavy atom. The quantitative estimate of drug-likeness (QED) is 0.765. The van der Waals surface area contributed by atoms with E-state index in [-0.39, 0.29) is 19.7 Å². The van der Waals surface area contributed by atoms with Gasteiger partial charge in [-0.1, -0.05) is 15.9 Å². The van der Waals surface area contributed by atoms with E-state index in [9.17, 15) is 9.59 Å². The molecule has 7 heteroatoms. The van der Waals surface area contributed by atoms with Gasteiger partial charge in [-0.2, -0.15) is 0 Å². The molecule has 1 rings (SSSR count). The first kappa shape index (κ1) is 17.5. The van der Waals surface area contributed by atoms with Crippen molar-refractivity contribution in [2.24, 2.45) is 0 Å². The van der Waals surface area contributed by atoms with E-state index in [1.54, 1.807) is 31.2 Å². The van der Waals surface area contributed by atoms with Crippen LogP contribution >= 0.6 is 15.9 Å². The smallest absolute Gasteiger partial charge is 0.323 e. The SMILES string of the molecule is COCCN(CC(=O)O)C(=O)C(C)Oc1ccc(Br)cc1. The fraction of sp³-hybridized carbons (Fsp3) is 0.429. The monoisotopic (exact) mass is 359 g/mol. The number of rotatable bonds is 8. The number of nitrogens with zero attached hydrogens (tertiary/aromatic N) is 1. The van der Waals surface area contributed by atoms with Gasteiger partial charge in [-0.15, -0.1) is 0 Å². The van der Waals surface area contributed by atoms with E-state index in [0.717, 1.165) is 4.47 Å². The molecule has 1 unspecified atom stereocenters. The molecule has 0 aliphatic rings. The molecule has 1 atom stereocenters. The predicted octanol–water partition coefficient (Wildman–Crippen LogP) is 1.78. The Labute approximate surface area is 131 Å². The first-order valence-electron chi connectivity index (χ1n) is 6.35. The minimum atomic E-state index is -1.07. The molecule has 0 saturated carbocycles. The number of aliphatic carboxylic acids is 1. The van der Waals surface area contributed by atoms with Crippen LogP contribution in [0.2, 0.25) is 0 Å². The summed E-state index contributed by atoms with van der Waals surface area (Å²) < 4.78 is 11.3. The van der Waals surface area contributed by atoms with Gasteiger partial charge in [0.15, 0.2) is 6.10 Å². The van der Waals surface area contributed by atoms with Crippen molar-refractivity contribution in [3.8, 4) is 5.75 Å². The summed E-state index contributed by atoms with van der Waals surface area (Å²) in [5.74, 6) is -0.922. The average Bonchev–Trinajstić information content (AvgIpc) is 2.44. The molecule has 1 aromatic rings. The van der Waals surface area contributed by atoms with Crippen LogP contribution in [0.4, 0.5) is 0 Å². The number of carboxylic acid groups (broad SMARTS) is 1. The van der Waals surface area contributed by atoms with E-state index in [2.05, 4.69) is 15.9 Å². The molecule has 0 aromatic heterocycles. The highest BCUT2D eigenvalue weighted by Gasteiger charge is 2.23. The third-order valence-corrected chi connectivity index (χ3v) is 3.21. The molecule has 21 heavy (non-hydrogen) atoms. The van der Waals surface area contributed by atoms with E-state index < -0.39 is 18.0 Å². The van der Waals surface area contributed by atoms with Crippen LogP contribution in [0.25, 0.3) is 0 Å². The maximum Gasteiger partial charge on any atom is 0.323 e. The van der Waals surface area contributed by atoms with Crippen LogP contribution < -0.4 is 4.74 Å². The van der Waals surface area contributed by atoms with Gasteiger partial charge in [0.05, 0.1) is 6.61 Å². The Kier molecular flexibility index (Phi) is 7.18. The number of benzene rings is 1. The number of hydrogen-bond donors (Lipinski definition) is 1. The number of hydrogen-bond acceptors (Lipinski definition) is 4. The molecule has 1 amide bonds. The number of amides is 1. The van der Waals surface area contributed by atoms with Crippen molar-refractivity contribution < 1.29 is 24.2 Å². The first-order valence-corrected chi connectivity index (χ1v) is 7.15. The van der Waals surface area contributed by atoms with Crippen molar-refractivity contribution in [2.75, 3.05) is 26.8 Å². The summed E-state index contributed by atoms with van der Waals surface area (Å²) >= 11 is 3.31. The molecule has 0 aliphatic carbocycles. The van der Waals surface area contributed by atoms with Gasteiger partial charge in [0.2, 0.25) is 0 Å². The van der Waals surface area contributed by atoms with Gasteiger partial charge >= 0.3 is 5.97 Å². The van der Waals surface area contributed by atoms with Gasteiger partial charge in [-0.3, -0.25) is 9.59 Å². The lowest BCUT2D eigenvalue weighted by Crippen LogP contribution is -2.44. The second-order valence-electron chi connectivity index (χ2n) is 4.36. The Hall–Kier alpha value is -1.60. The highest BCUT2D eigenvalue weighted by atomic mass is 79.9. The number of carboxylic acids is 1. The minimum absolute atomic E-state index is 0.204. The molecule has 0 saturated heterocycles. The average molecular weight is 360 g/mol. The van der Waals surface area contributed by atoms with Gasteiger partial charge < -0.3 is 19.5 Å². The Bertz CT molecular complexity index is 477. The summed E-state index contributed by atoms with van der Waals surface area (Å²) in [5, 5.41) is 8.85. The van der Waals surface area contributed by atoms with Crippen LogP contribution in [0.3, 0.4) is 0 Å². The minimum Gasteiger partial charge on any atom is -0.481 e. The van der Waals surface area contributed by atoms with Gasteiger partial charge in [-0.25, -0.2) is 0 Å². The molecule has 0 bridgehead atoms. The number of halogens is 1. The molecule has 6 nitrogen and oxygen atoms in total. The summed E-state index contributed by atoms with van der Waals surface area (Å²) in [7, 11) is 1.49. The van der Waals surface area contributed by atoms with Gasteiger partial charge in [-0.05, 0) is 31.2 Å². The Balaban J connectivity index is 2.67. The van der Waals surface area contributed by atoms with Crippen LogP contribution in [0.5, 0.6) is 5.75 Å². The maximum absolute atomic E-state index is 12.2. The summed E-state index contributed by atoms with van der Waals surface area (Å²) in [6, 6.07) is 7.05. The van der Waals surface area contributed by atoms with E-state index in [0.29, 0.717) is 5.75 Å². The van der Waals surface area contributed by atoms with Crippen LogP contribution in [0.15, 0.2) is 28.7 Å². The Morgan fingerprint density at radius 2 is 1.95 bits per heavy atom. The molecule has 0 heterocycles. The largest absolute Gasteiger partial charge is 0.481 e. The summed E-state index contributed by atoms with van der Waals surface area (Å²) in [6.07, 6.45) is -0.776. The van der Waals surface area contributed by atoms with Gasteiger partial charge in [0, 0.05) is 18.1 Å². The zero-order valence-corrected chi connectivity index (χ0v) is 13.5. The fourth-order valence-corrected chi connectivity index (χ4v) is 1.92. The van der Waals surface area contributed by atoms with Crippen molar-refractivity contribution in [3.05, 3.63) is 28.7 Å². The highest BCUT2D eigenvalue weighted by Crippen LogP contribution is 2.17. The molecular formula is C14H18BrNO5. The number of carbonyl (C=O) groups excluding carboxylic acids is 1. The highest BCUT2D eigenvalue weighted by molar-refractivity contribution is 9.10. The van der Waals surface area contributed by atoms with E-state index >= 15 is 0 Å². The van der Waals surface area contributed by atoms with Crippen LogP contribution in [-0.2, 0) is 14.3 Å². The van der Waals surface area contributed by atoms with Crippen LogP contribution in [-0.4, -0.2) is 54.8 Å². The van der Waals surface area contributed by atoms with Crippen molar-refractivity contribution in [2.45, 2.75) is 13.0 Å². The third-order valence-electron chi connectivity index (χ3n) is 2.68. The molecule has 0 radical (unpaired) electrons. The lowest BCUT2D eigenvalue weighted by molar-refractivity contribution is -0.148. The predicted molar refractivity (Wildman–Crippen MR) is 80.3 cm³/mol. The van der Waals surface area contributed by atoms with Crippen molar-refractivity contribution in [1.82, 2.24) is 4.90 Å². The van der Waals surface area contributed by atoms with E-state index in [1.165, 1.54) is 12.0 Å². The molecular weight excluding hydrogens is 342 g/mol. The van der Waals surface area contributed by atoms with Crippen LogP contribution in [0, 0.1) is 0 Å².